The maximum Gasteiger partial charge on any atom is 0.243 e. The minimum atomic E-state index is -3.61. The van der Waals surface area contributed by atoms with Crippen LogP contribution < -0.4 is 0 Å². The first-order valence-electron chi connectivity index (χ1n) is 10.2. The molecule has 0 spiro atoms. The molecule has 0 aromatic heterocycles. The monoisotopic (exact) mass is 457 g/mol. The fraction of sp³-hybridized carbons (Fsp3) is 0.650. The Kier molecular flexibility index (Phi) is 6.62. The lowest BCUT2D eigenvalue weighted by atomic mass is 9.96. The second-order valence-corrected chi connectivity index (χ2v) is 12.7. The average molecular weight is 458 g/mol. The van der Waals surface area contributed by atoms with E-state index in [-0.39, 0.29) is 42.5 Å². The number of hydrogen-bond acceptors (Lipinski definition) is 6. The zero-order valence-electron chi connectivity index (χ0n) is 18.0. The van der Waals surface area contributed by atoms with Crippen LogP contribution in [0.15, 0.2) is 23.1 Å². The summed E-state index contributed by atoms with van der Waals surface area (Å²) in [5.41, 5.74) is 1.72. The van der Waals surface area contributed by atoms with Crippen molar-refractivity contribution in [3.05, 3.63) is 29.3 Å². The number of hydrazine groups is 1. The molecule has 0 bridgehead atoms. The Morgan fingerprint density at radius 1 is 1.10 bits per heavy atom. The molecule has 2 aliphatic rings. The van der Waals surface area contributed by atoms with E-state index in [1.54, 1.807) is 43.2 Å². The van der Waals surface area contributed by atoms with E-state index in [4.69, 9.17) is 0 Å². The predicted octanol–water partition coefficient (Wildman–Crippen LogP) is 1.20. The lowest BCUT2D eigenvalue weighted by Crippen LogP contribution is -2.53. The van der Waals surface area contributed by atoms with E-state index >= 15 is 0 Å². The predicted molar refractivity (Wildman–Crippen MR) is 115 cm³/mol. The van der Waals surface area contributed by atoms with Crippen molar-refractivity contribution in [3.63, 3.8) is 0 Å². The molecule has 2 heterocycles. The average Bonchev–Trinajstić information content (AvgIpc) is 3.00. The number of carbonyl (C=O) groups excluding carboxylic acids is 1. The second kappa shape index (κ2) is 8.57. The highest BCUT2D eigenvalue weighted by atomic mass is 32.2. The first-order valence-corrected chi connectivity index (χ1v) is 13.5. The smallest absolute Gasteiger partial charge is 0.243 e. The van der Waals surface area contributed by atoms with E-state index in [1.807, 2.05) is 13.0 Å². The number of nitrogens with zero attached hydrogens (tertiary/aromatic N) is 3. The summed E-state index contributed by atoms with van der Waals surface area (Å²) in [6, 6.07) is 4.94. The van der Waals surface area contributed by atoms with E-state index in [1.165, 1.54) is 4.31 Å². The Balaban J connectivity index is 1.70. The Morgan fingerprint density at radius 2 is 1.73 bits per heavy atom. The molecule has 1 aromatic carbocycles. The summed E-state index contributed by atoms with van der Waals surface area (Å²) in [6.45, 7) is 4.26. The zero-order chi connectivity index (χ0) is 22.3. The van der Waals surface area contributed by atoms with Crippen molar-refractivity contribution >= 4 is 25.8 Å². The highest BCUT2D eigenvalue weighted by Gasteiger charge is 2.40. The quantitative estimate of drug-likeness (QED) is 0.617. The van der Waals surface area contributed by atoms with Gasteiger partial charge < -0.3 is 0 Å². The molecular weight excluding hydrogens is 426 g/mol. The molecule has 0 radical (unpaired) electrons. The molecule has 3 rings (SSSR count). The van der Waals surface area contributed by atoms with Gasteiger partial charge >= 0.3 is 0 Å². The van der Waals surface area contributed by atoms with E-state index in [0.717, 1.165) is 11.1 Å². The molecule has 2 aliphatic heterocycles. The van der Waals surface area contributed by atoms with E-state index in [0.29, 0.717) is 24.2 Å². The number of hydrogen-bond donors (Lipinski definition) is 0. The molecule has 1 aromatic rings. The van der Waals surface area contributed by atoms with Crippen LogP contribution >= 0.6 is 0 Å². The minimum absolute atomic E-state index is 0.0170. The van der Waals surface area contributed by atoms with Gasteiger partial charge in [0.15, 0.2) is 9.84 Å². The summed E-state index contributed by atoms with van der Waals surface area (Å²) < 4.78 is 51.3. The number of sulfone groups is 1. The van der Waals surface area contributed by atoms with Crippen LogP contribution in [0.2, 0.25) is 0 Å². The highest BCUT2D eigenvalue weighted by Crippen LogP contribution is 2.29. The molecule has 8 nitrogen and oxygen atoms in total. The lowest BCUT2D eigenvalue weighted by molar-refractivity contribution is -0.155. The largest absolute Gasteiger partial charge is 0.273 e. The maximum absolute atomic E-state index is 13.2. The molecule has 0 aliphatic carbocycles. The fourth-order valence-electron chi connectivity index (χ4n) is 4.43. The SMILES string of the molecule is Cc1ccc(S(=O)(=O)N2CCC(C(=O)N([C@H]3CCS(=O)(=O)C3)N(C)C)CC2)c(C)c1. The number of amides is 1. The van der Waals surface area contributed by atoms with Crippen LogP contribution in [0.5, 0.6) is 0 Å². The van der Waals surface area contributed by atoms with Crippen molar-refractivity contribution in [1.29, 1.82) is 0 Å². The van der Waals surface area contributed by atoms with Crippen LogP contribution in [0.1, 0.15) is 30.4 Å². The summed E-state index contributed by atoms with van der Waals surface area (Å²) in [4.78, 5) is 13.5. The maximum atomic E-state index is 13.2. The number of benzene rings is 1. The molecule has 1 atom stereocenters. The Morgan fingerprint density at radius 3 is 2.23 bits per heavy atom. The van der Waals surface area contributed by atoms with Crippen LogP contribution in [0, 0.1) is 19.8 Å². The van der Waals surface area contributed by atoms with E-state index < -0.39 is 19.9 Å². The number of sulfonamides is 1. The molecule has 10 heteroatoms. The van der Waals surface area contributed by atoms with Crippen molar-refractivity contribution in [3.8, 4) is 0 Å². The Labute approximate surface area is 179 Å². The van der Waals surface area contributed by atoms with Crippen LogP contribution in [-0.4, -0.2) is 81.8 Å². The molecule has 0 N–H and O–H groups in total. The van der Waals surface area contributed by atoms with Gasteiger partial charge in [-0.25, -0.2) is 21.8 Å². The Bertz CT molecular complexity index is 1010. The molecular formula is C20H31N3O5S2. The van der Waals surface area contributed by atoms with Crippen molar-refractivity contribution in [1.82, 2.24) is 14.3 Å². The van der Waals surface area contributed by atoms with Crippen LogP contribution in [0.3, 0.4) is 0 Å². The van der Waals surface area contributed by atoms with Gasteiger partial charge in [-0.15, -0.1) is 0 Å². The number of rotatable bonds is 5. The molecule has 1 amide bonds. The van der Waals surface area contributed by atoms with Gasteiger partial charge in [0.05, 0.1) is 22.4 Å². The summed E-state index contributed by atoms with van der Waals surface area (Å²) in [6.07, 6.45) is 1.28. The van der Waals surface area contributed by atoms with Crippen molar-refractivity contribution in [2.24, 2.45) is 5.92 Å². The number of aryl methyl sites for hydroxylation is 2. The van der Waals surface area contributed by atoms with Gasteiger partial charge in [-0.3, -0.25) is 9.80 Å². The summed E-state index contributed by atoms with van der Waals surface area (Å²) in [5.74, 6) is -0.356. The second-order valence-electron chi connectivity index (χ2n) is 8.53. The normalized spacial score (nSPS) is 23.0. The third-order valence-corrected chi connectivity index (χ3v) is 9.77. The third kappa shape index (κ3) is 4.71. The number of carbonyl (C=O) groups is 1. The van der Waals surface area contributed by atoms with Gasteiger partial charge in [0.1, 0.15) is 0 Å². The lowest BCUT2D eigenvalue weighted by Gasteiger charge is -2.38. The molecule has 30 heavy (non-hydrogen) atoms. The van der Waals surface area contributed by atoms with E-state index in [9.17, 15) is 21.6 Å². The third-order valence-electron chi connectivity index (χ3n) is 5.96. The topological polar surface area (TPSA) is 95.1 Å². The van der Waals surface area contributed by atoms with Crippen molar-refractivity contribution in [2.45, 2.75) is 44.0 Å². The Hall–Kier alpha value is -1.49. The molecule has 0 unspecified atom stereocenters. The van der Waals surface area contributed by atoms with Gasteiger partial charge in [0.2, 0.25) is 15.9 Å². The zero-order valence-corrected chi connectivity index (χ0v) is 19.7. The number of piperidine rings is 1. The molecule has 2 saturated heterocycles. The van der Waals surface area contributed by atoms with Gasteiger partial charge in [-0.05, 0) is 44.7 Å². The first-order chi connectivity index (χ1) is 13.9. The fourth-order valence-corrected chi connectivity index (χ4v) is 7.80. The van der Waals surface area contributed by atoms with Crippen LogP contribution in [-0.2, 0) is 24.7 Å². The van der Waals surface area contributed by atoms with Crippen LogP contribution in [0.4, 0.5) is 0 Å². The minimum Gasteiger partial charge on any atom is -0.273 e. The van der Waals surface area contributed by atoms with Gasteiger partial charge in [-0.2, -0.15) is 4.31 Å². The van der Waals surface area contributed by atoms with Gasteiger partial charge in [-0.1, -0.05) is 17.7 Å². The van der Waals surface area contributed by atoms with Crippen LogP contribution in [0.25, 0.3) is 0 Å². The standard InChI is InChI=1S/C20H31N3O5S2/c1-15-5-6-19(16(2)13-15)30(27,28)22-10-7-17(8-11-22)20(24)23(21(3)4)18-9-12-29(25,26)14-18/h5-6,13,17-18H,7-12,14H2,1-4H3/t18-/m0/s1. The van der Waals surface area contributed by atoms with E-state index in [2.05, 4.69) is 0 Å². The molecule has 2 fully saturated rings. The molecule has 0 saturated carbocycles. The first kappa shape index (κ1) is 23.2. The van der Waals surface area contributed by atoms with Crippen molar-refractivity contribution < 1.29 is 21.6 Å². The molecule has 168 valence electrons. The summed E-state index contributed by atoms with van der Waals surface area (Å²) >= 11 is 0. The summed E-state index contributed by atoms with van der Waals surface area (Å²) in [5, 5.41) is 3.22. The van der Waals surface area contributed by atoms with Crippen molar-refractivity contribution in [2.75, 3.05) is 38.7 Å². The summed E-state index contributed by atoms with van der Waals surface area (Å²) in [7, 11) is -3.24. The highest BCUT2D eigenvalue weighted by molar-refractivity contribution is 7.91. The van der Waals surface area contributed by atoms with Gasteiger partial charge in [0, 0.05) is 33.1 Å². The van der Waals surface area contributed by atoms with Gasteiger partial charge in [0.25, 0.3) is 0 Å².